The number of hydrogen-bond acceptors (Lipinski definition) is 2. The molecule has 1 rings (SSSR count). The lowest BCUT2D eigenvalue weighted by atomic mass is 10.1. The molecule has 0 amide bonds. The number of benzene rings is 1. The van der Waals surface area contributed by atoms with Crippen molar-refractivity contribution in [1.82, 2.24) is 0 Å². The van der Waals surface area contributed by atoms with E-state index >= 15 is 0 Å². The molecule has 16 heavy (non-hydrogen) atoms. The second kappa shape index (κ2) is 4.43. The third kappa shape index (κ3) is 4.19. The van der Waals surface area contributed by atoms with E-state index in [0.29, 0.717) is 12.1 Å². The first kappa shape index (κ1) is 13.6. The Labute approximate surface area is 99.4 Å². The van der Waals surface area contributed by atoms with Gasteiger partial charge in [-0.2, -0.15) is 13.2 Å². The molecule has 2 nitrogen and oxygen atoms in total. The fourth-order valence-electron chi connectivity index (χ4n) is 1.10. The number of hydrogen-bond donors (Lipinski definition) is 0. The molecule has 0 atom stereocenters. The number of halogens is 5. The van der Waals surface area contributed by atoms with Gasteiger partial charge in [-0.25, -0.2) is 8.42 Å². The second-order valence-corrected chi connectivity index (χ2v) is 6.24. The van der Waals surface area contributed by atoms with Crippen molar-refractivity contribution in [2.45, 2.75) is 11.9 Å². The van der Waals surface area contributed by atoms with E-state index in [0.717, 1.165) is 6.07 Å². The summed E-state index contributed by atoms with van der Waals surface area (Å²) in [6.07, 6.45) is -4.57. The highest BCUT2D eigenvalue weighted by Gasteiger charge is 2.31. The van der Waals surface area contributed by atoms with Gasteiger partial charge in [0.25, 0.3) is 0 Å². The molecule has 0 heterocycles. The molecule has 0 fully saturated rings. The standard InChI is InChI=1S/C8H5Cl2F3O2S/c9-7-2-5(4-16(10,14)15)1-6(3-7)8(11,12)13/h1-3H,4H2. The first-order chi connectivity index (χ1) is 7.08. The molecule has 0 radical (unpaired) electrons. The summed E-state index contributed by atoms with van der Waals surface area (Å²) in [5, 5.41) is -0.190. The van der Waals surface area contributed by atoms with Crippen molar-refractivity contribution in [3.63, 3.8) is 0 Å². The summed E-state index contributed by atoms with van der Waals surface area (Å²) in [4.78, 5) is 0. The van der Waals surface area contributed by atoms with Crippen LogP contribution in [0, 0.1) is 0 Å². The van der Waals surface area contributed by atoms with Crippen LogP contribution in [0.5, 0.6) is 0 Å². The van der Waals surface area contributed by atoms with E-state index < -0.39 is 26.5 Å². The first-order valence-electron chi connectivity index (χ1n) is 3.87. The fourth-order valence-corrected chi connectivity index (χ4v) is 2.30. The van der Waals surface area contributed by atoms with Crippen LogP contribution in [0.3, 0.4) is 0 Å². The summed E-state index contributed by atoms with van der Waals surface area (Å²) in [6, 6.07) is 2.54. The molecule has 0 aliphatic carbocycles. The van der Waals surface area contributed by atoms with E-state index in [2.05, 4.69) is 0 Å². The predicted octanol–water partition coefficient (Wildman–Crippen LogP) is 3.43. The zero-order valence-electron chi connectivity index (χ0n) is 7.55. The molecule has 0 aromatic heterocycles. The molecule has 0 aliphatic heterocycles. The summed E-state index contributed by atoms with van der Waals surface area (Å²) in [5.41, 5.74) is -1.11. The van der Waals surface area contributed by atoms with Gasteiger partial charge in [0.1, 0.15) is 0 Å². The van der Waals surface area contributed by atoms with Gasteiger partial charge in [0.05, 0.1) is 11.3 Å². The predicted molar refractivity (Wildman–Crippen MR) is 54.9 cm³/mol. The minimum absolute atomic E-state index is 0.102. The van der Waals surface area contributed by atoms with E-state index in [1.807, 2.05) is 0 Å². The smallest absolute Gasteiger partial charge is 0.212 e. The van der Waals surface area contributed by atoms with Gasteiger partial charge in [-0.1, -0.05) is 11.6 Å². The molecule has 0 bridgehead atoms. The van der Waals surface area contributed by atoms with Crippen LogP contribution >= 0.6 is 22.3 Å². The SMILES string of the molecule is O=S(=O)(Cl)Cc1cc(Cl)cc(C(F)(F)F)c1. The van der Waals surface area contributed by atoms with Gasteiger partial charge in [-0.15, -0.1) is 0 Å². The van der Waals surface area contributed by atoms with Crippen molar-refractivity contribution in [2.75, 3.05) is 0 Å². The summed E-state index contributed by atoms with van der Waals surface area (Å²) in [7, 11) is 1.02. The monoisotopic (exact) mass is 292 g/mol. The quantitative estimate of drug-likeness (QED) is 0.783. The van der Waals surface area contributed by atoms with Gasteiger partial charge in [0.2, 0.25) is 9.05 Å². The summed E-state index contributed by atoms with van der Waals surface area (Å²) < 4.78 is 58.4. The Bertz CT molecular complexity index is 496. The fraction of sp³-hybridized carbons (Fsp3) is 0.250. The van der Waals surface area contributed by atoms with Crippen LogP contribution in [0.4, 0.5) is 13.2 Å². The van der Waals surface area contributed by atoms with Crippen molar-refractivity contribution in [3.05, 3.63) is 34.3 Å². The van der Waals surface area contributed by atoms with E-state index in [9.17, 15) is 21.6 Å². The molecule has 0 spiro atoms. The van der Waals surface area contributed by atoms with Crippen LogP contribution in [0.15, 0.2) is 18.2 Å². The lowest BCUT2D eigenvalue weighted by molar-refractivity contribution is -0.137. The Kier molecular flexibility index (Phi) is 3.76. The van der Waals surface area contributed by atoms with Gasteiger partial charge in [-0.3, -0.25) is 0 Å². The van der Waals surface area contributed by atoms with E-state index in [1.165, 1.54) is 0 Å². The third-order valence-electron chi connectivity index (χ3n) is 1.62. The molecule has 90 valence electrons. The molecular weight excluding hydrogens is 288 g/mol. The van der Waals surface area contributed by atoms with Crippen molar-refractivity contribution < 1.29 is 21.6 Å². The van der Waals surface area contributed by atoms with E-state index in [-0.39, 0.29) is 10.6 Å². The molecule has 0 saturated carbocycles. The minimum Gasteiger partial charge on any atom is -0.212 e. The number of rotatable bonds is 2. The van der Waals surface area contributed by atoms with Crippen LogP contribution in [0.2, 0.25) is 5.02 Å². The van der Waals surface area contributed by atoms with Crippen LogP contribution in [-0.4, -0.2) is 8.42 Å². The van der Waals surface area contributed by atoms with E-state index in [4.69, 9.17) is 22.3 Å². The summed E-state index contributed by atoms with van der Waals surface area (Å²) in [5.74, 6) is -0.696. The molecule has 0 aliphatic rings. The van der Waals surface area contributed by atoms with Gasteiger partial charge in [0, 0.05) is 15.7 Å². The Morgan fingerprint density at radius 1 is 1.19 bits per heavy atom. The zero-order chi connectivity index (χ0) is 12.6. The Balaban J connectivity index is 3.19. The normalized spacial score (nSPS) is 12.8. The van der Waals surface area contributed by atoms with Gasteiger partial charge in [0.15, 0.2) is 0 Å². The molecule has 0 saturated heterocycles. The minimum atomic E-state index is -4.57. The molecule has 1 aromatic carbocycles. The maximum Gasteiger partial charge on any atom is 0.416 e. The molecular formula is C8H5Cl2F3O2S. The lowest BCUT2D eigenvalue weighted by Crippen LogP contribution is -2.06. The van der Waals surface area contributed by atoms with Gasteiger partial charge >= 0.3 is 6.18 Å². The van der Waals surface area contributed by atoms with Crippen LogP contribution in [-0.2, 0) is 21.0 Å². The Morgan fingerprint density at radius 3 is 2.19 bits per heavy atom. The summed E-state index contributed by atoms with van der Waals surface area (Å²) in [6.45, 7) is 0. The average molecular weight is 293 g/mol. The van der Waals surface area contributed by atoms with Crippen LogP contribution in [0.25, 0.3) is 0 Å². The molecule has 0 N–H and O–H groups in total. The van der Waals surface area contributed by atoms with E-state index in [1.54, 1.807) is 0 Å². The van der Waals surface area contributed by atoms with Gasteiger partial charge in [-0.05, 0) is 23.8 Å². The van der Waals surface area contributed by atoms with Crippen molar-refractivity contribution in [2.24, 2.45) is 0 Å². The maximum atomic E-state index is 12.3. The Morgan fingerprint density at radius 2 is 1.75 bits per heavy atom. The molecule has 8 heteroatoms. The van der Waals surface area contributed by atoms with Crippen molar-refractivity contribution in [1.29, 1.82) is 0 Å². The Hall–Kier alpha value is -0.460. The van der Waals surface area contributed by atoms with Crippen LogP contribution < -0.4 is 0 Å². The molecule has 0 unspecified atom stereocenters. The zero-order valence-corrected chi connectivity index (χ0v) is 9.88. The highest BCUT2D eigenvalue weighted by atomic mass is 35.7. The summed E-state index contributed by atoms with van der Waals surface area (Å²) >= 11 is 5.45. The third-order valence-corrected chi connectivity index (χ3v) is 2.85. The number of alkyl halides is 3. The lowest BCUT2D eigenvalue weighted by Gasteiger charge is -2.08. The average Bonchev–Trinajstić information content (AvgIpc) is 1.97. The van der Waals surface area contributed by atoms with Crippen molar-refractivity contribution in [3.8, 4) is 0 Å². The highest BCUT2D eigenvalue weighted by Crippen LogP contribution is 2.32. The largest absolute Gasteiger partial charge is 0.416 e. The second-order valence-electron chi connectivity index (χ2n) is 3.03. The maximum absolute atomic E-state index is 12.3. The van der Waals surface area contributed by atoms with Crippen LogP contribution in [0.1, 0.15) is 11.1 Å². The highest BCUT2D eigenvalue weighted by molar-refractivity contribution is 8.13. The first-order valence-corrected chi connectivity index (χ1v) is 6.72. The topological polar surface area (TPSA) is 34.1 Å². The van der Waals surface area contributed by atoms with Gasteiger partial charge < -0.3 is 0 Å². The molecule has 1 aromatic rings. The van der Waals surface area contributed by atoms with Crippen molar-refractivity contribution >= 4 is 31.3 Å².